The predicted molar refractivity (Wildman–Crippen MR) is 79.2 cm³/mol. The summed E-state index contributed by atoms with van der Waals surface area (Å²) in [6.45, 7) is 12.3. The largest absolute Gasteiger partial charge is 0.314 e. The molecule has 0 radical (unpaired) electrons. The lowest BCUT2D eigenvalue weighted by Crippen LogP contribution is -2.47. The van der Waals surface area contributed by atoms with Crippen molar-refractivity contribution in [2.75, 3.05) is 45.8 Å². The lowest BCUT2D eigenvalue weighted by molar-refractivity contribution is 0.138. The first-order valence-electron chi connectivity index (χ1n) is 7.42. The number of aromatic nitrogens is 1. The van der Waals surface area contributed by atoms with Crippen LogP contribution in [0.25, 0.3) is 0 Å². The molecule has 2 heterocycles. The van der Waals surface area contributed by atoms with E-state index in [1.807, 2.05) is 12.4 Å². The van der Waals surface area contributed by atoms with Gasteiger partial charge in [-0.25, -0.2) is 0 Å². The summed E-state index contributed by atoms with van der Waals surface area (Å²) in [5.74, 6) is 0. The van der Waals surface area contributed by atoms with Crippen LogP contribution < -0.4 is 5.32 Å². The van der Waals surface area contributed by atoms with Crippen LogP contribution in [-0.2, 0) is 0 Å². The number of hydrogen-bond acceptors (Lipinski definition) is 4. The van der Waals surface area contributed by atoms with E-state index in [0.717, 1.165) is 45.8 Å². The van der Waals surface area contributed by atoms with Gasteiger partial charge in [-0.05, 0) is 30.8 Å². The molecule has 1 N–H and O–H groups in total. The van der Waals surface area contributed by atoms with Crippen molar-refractivity contribution >= 4 is 0 Å². The molecule has 0 bridgehead atoms. The van der Waals surface area contributed by atoms with E-state index in [2.05, 4.69) is 46.1 Å². The van der Waals surface area contributed by atoms with Crippen molar-refractivity contribution in [1.29, 1.82) is 0 Å². The maximum atomic E-state index is 4.14. The normalized spacial score (nSPS) is 18.7. The van der Waals surface area contributed by atoms with Crippen molar-refractivity contribution in [3.63, 3.8) is 0 Å². The van der Waals surface area contributed by atoms with Crippen molar-refractivity contribution < 1.29 is 0 Å². The molecule has 0 aromatic carbocycles. The molecule has 1 aliphatic heterocycles. The van der Waals surface area contributed by atoms with Crippen molar-refractivity contribution in [3.05, 3.63) is 30.1 Å². The second-order valence-electron chi connectivity index (χ2n) is 5.07. The third kappa shape index (κ3) is 4.00. The minimum atomic E-state index is 0.482. The third-order valence-electron chi connectivity index (χ3n) is 3.98. The lowest BCUT2D eigenvalue weighted by Gasteiger charge is -2.36. The summed E-state index contributed by atoms with van der Waals surface area (Å²) in [5.41, 5.74) is 1.39. The Morgan fingerprint density at radius 2 is 1.84 bits per heavy atom. The van der Waals surface area contributed by atoms with Crippen LogP contribution in [0.5, 0.6) is 0 Å². The molecule has 1 aromatic rings. The zero-order valence-corrected chi connectivity index (χ0v) is 12.2. The van der Waals surface area contributed by atoms with Crippen LogP contribution in [0.3, 0.4) is 0 Å². The number of hydrogen-bond donors (Lipinski definition) is 1. The van der Waals surface area contributed by atoms with Gasteiger partial charge in [0.05, 0.1) is 0 Å². The molecule has 0 saturated carbocycles. The average Bonchev–Trinajstić information content (AvgIpc) is 2.49. The molecule has 19 heavy (non-hydrogen) atoms. The lowest BCUT2D eigenvalue weighted by atomic mass is 10.1. The van der Waals surface area contributed by atoms with Crippen molar-refractivity contribution in [1.82, 2.24) is 20.1 Å². The van der Waals surface area contributed by atoms with Gasteiger partial charge in [0.2, 0.25) is 0 Å². The highest BCUT2D eigenvalue weighted by Gasteiger charge is 2.21. The number of rotatable bonds is 6. The highest BCUT2D eigenvalue weighted by molar-refractivity contribution is 5.16. The van der Waals surface area contributed by atoms with Crippen LogP contribution in [-0.4, -0.2) is 60.6 Å². The molecule has 2 rings (SSSR count). The molecule has 0 spiro atoms. The maximum Gasteiger partial charge on any atom is 0.0476 e. The highest BCUT2D eigenvalue weighted by Crippen LogP contribution is 2.21. The Kier molecular flexibility index (Phi) is 5.76. The first-order chi connectivity index (χ1) is 9.35. The zero-order valence-electron chi connectivity index (χ0n) is 12.2. The molecule has 4 heteroatoms. The number of piperazine rings is 1. The SMILES string of the molecule is CCN(CC)C(CN1CCNCC1)c1ccncc1. The Bertz CT molecular complexity index is 344. The summed E-state index contributed by atoms with van der Waals surface area (Å²) in [6.07, 6.45) is 3.81. The Morgan fingerprint density at radius 1 is 1.21 bits per heavy atom. The molecule has 1 atom stereocenters. The predicted octanol–water partition coefficient (Wildman–Crippen LogP) is 1.37. The Labute approximate surface area is 116 Å². The Balaban J connectivity index is 2.09. The van der Waals surface area contributed by atoms with Crippen molar-refractivity contribution in [3.8, 4) is 0 Å². The van der Waals surface area contributed by atoms with Gasteiger partial charge in [-0.2, -0.15) is 0 Å². The summed E-state index contributed by atoms with van der Waals surface area (Å²) in [5, 5.41) is 3.42. The van der Waals surface area contributed by atoms with E-state index in [0.29, 0.717) is 6.04 Å². The Hall–Kier alpha value is -0.970. The van der Waals surface area contributed by atoms with Gasteiger partial charge in [0.15, 0.2) is 0 Å². The van der Waals surface area contributed by atoms with Crippen LogP contribution in [0.15, 0.2) is 24.5 Å². The van der Waals surface area contributed by atoms with Crippen molar-refractivity contribution in [2.45, 2.75) is 19.9 Å². The summed E-state index contributed by atoms with van der Waals surface area (Å²) in [6, 6.07) is 4.80. The molecule has 1 fully saturated rings. The molecule has 1 aromatic heterocycles. The fraction of sp³-hybridized carbons (Fsp3) is 0.667. The van der Waals surface area contributed by atoms with Crippen LogP contribution >= 0.6 is 0 Å². The zero-order chi connectivity index (χ0) is 13.5. The van der Waals surface area contributed by atoms with Crippen LogP contribution in [0.4, 0.5) is 0 Å². The second-order valence-corrected chi connectivity index (χ2v) is 5.07. The number of likely N-dealkylation sites (N-methyl/N-ethyl adjacent to an activating group) is 1. The number of nitrogens with zero attached hydrogens (tertiary/aromatic N) is 3. The first-order valence-corrected chi connectivity index (χ1v) is 7.42. The van der Waals surface area contributed by atoms with E-state index in [1.54, 1.807) is 0 Å². The van der Waals surface area contributed by atoms with E-state index < -0.39 is 0 Å². The third-order valence-corrected chi connectivity index (χ3v) is 3.98. The van der Waals surface area contributed by atoms with E-state index >= 15 is 0 Å². The average molecular weight is 262 g/mol. The monoisotopic (exact) mass is 262 g/mol. The molecular weight excluding hydrogens is 236 g/mol. The van der Waals surface area contributed by atoms with E-state index in [-0.39, 0.29) is 0 Å². The van der Waals surface area contributed by atoms with Gasteiger partial charge in [-0.3, -0.25) is 14.8 Å². The molecule has 106 valence electrons. The van der Waals surface area contributed by atoms with Gasteiger partial charge >= 0.3 is 0 Å². The molecule has 1 aliphatic rings. The smallest absolute Gasteiger partial charge is 0.0476 e. The Morgan fingerprint density at radius 3 is 2.42 bits per heavy atom. The second kappa shape index (κ2) is 7.58. The standard InChI is InChI=1S/C15H26N4/c1-3-19(4-2)15(14-5-7-16-8-6-14)13-18-11-9-17-10-12-18/h5-8,15,17H,3-4,9-13H2,1-2H3. The van der Waals surface area contributed by atoms with Crippen LogP contribution in [0, 0.1) is 0 Å². The number of nitrogens with one attached hydrogen (secondary N) is 1. The van der Waals surface area contributed by atoms with E-state index in [9.17, 15) is 0 Å². The minimum Gasteiger partial charge on any atom is -0.314 e. The molecular formula is C15H26N4. The molecule has 0 amide bonds. The topological polar surface area (TPSA) is 31.4 Å². The van der Waals surface area contributed by atoms with E-state index in [1.165, 1.54) is 5.56 Å². The molecule has 1 saturated heterocycles. The van der Waals surface area contributed by atoms with Gasteiger partial charge in [0.25, 0.3) is 0 Å². The molecule has 4 nitrogen and oxygen atoms in total. The summed E-state index contributed by atoms with van der Waals surface area (Å²) in [7, 11) is 0. The van der Waals surface area contributed by atoms with Gasteiger partial charge in [-0.15, -0.1) is 0 Å². The minimum absolute atomic E-state index is 0.482. The first kappa shape index (κ1) is 14.4. The van der Waals surface area contributed by atoms with Crippen LogP contribution in [0.1, 0.15) is 25.5 Å². The highest BCUT2D eigenvalue weighted by atomic mass is 15.2. The fourth-order valence-electron chi connectivity index (χ4n) is 2.82. The fourth-order valence-corrected chi connectivity index (χ4v) is 2.82. The summed E-state index contributed by atoms with van der Waals surface area (Å²) < 4.78 is 0. The van der Waals surface area contributed by atoms with Crippen molar-refractivity contribution in [2.24, 2.45) is 0 Å². The van der Waals surface area contributed by atoms with Gasteiger partial charge in [-0.1, -0.05) is 13.8 Å². The summed E-state index contributed by atoms with van der Waals surface area (Å²) >= 11 is 0. The van der Waals surface area contributed by atoms with E-state index in [4.69, 9.17) is 0 Å². The maximum absolute atomic E-state index is 4.14. The number of pyridine rings is 1. The quantitative estimate of drug-likeness (QED) is 0.839. The van der Waals surface area contributed by atoms with Crippen LogP contribution in [0.2, 0.25) is 0 Å². The molecule has 0 aliphatic carbocycles. The van der Waals surface area contributed by atoms with Gasteiger partial charge in [0.1, 0.15) is 0 Å². The van der Waals surface area contributed by atoms with Gasteiger partial charge in [0, 0.05) is 51.2 Å². The molecule has 1 unspecified atom stereocenters. The summed E-state index contributed by atoms with van der Waals surface area (Å²) in [4.78, 5) is 9.25. The van der Waals surface area contributed by atoms with Gasteiger partial charge < -0.3 is 5.32 Å².